The minimum atomic E-state index is -4.59. The van der Waals surface area contributed by atoms with Gasteiger partial charge in [-0.2, -0.15) is 18.3 Å². The fraction of sp³-hybridized carbons (Fsp3) is 0.545. The van der Waals surface area contributed by atoms with Crippen LogP contribution >= 0.6 is 0 Å². The molecule has 43 heavy (non-hydrogen) atoms. The molecule has 0 unspecified atom stereocenters. The third-order valence-corrected chi connectivity index (χ3v) is 7.47. The van der Waals surface area contributed by atoms with Crippen LogP contribution in [0.3, 0.4) is 0 Å². The quantitative estimate of drug-likeness (QED) is 0.120. The van der Waals surface area contributed by atoms with Crippen molar-refractivity contribution in [2.45, 2.75) is 104 Å². The van der Waals surface area contributed by atoms with Crippen LogP contribution in [-0.4, -0.2) is 32.1 Å². The number of nitrogens with zero attached hydrogens (tertiary/aromatic N) is 4. The number of ether oxygens (including phenoxy) is 2. The maximum atomic E-state index is 13.5. The fourth-order valence-electron chi connectivity index (χ4n) is 5.30. The first-order chi connectivity index (χ1) is 20.5. The van der Waals surface area contributed by atoms with E-state index in [4.69, 9.17) is 9.47 Å². The first-order valence-corrected chi connectivity index (χ1v) is 15.3. The second-order valence-electron chi connectivity index (χ2n) is 12.4. The molecule has 0 saturated carbocycles. The number of aromatic nitrogens is 4. The predicted octanol–water partition coefficient (Wildman–Crippen LogP) is 9.02. The maximum absolute atomic E-state index is 13.5. The second-order valence-corrected chi connectivity index (χ2v) is 12.4. The van der Waals surface area contributed by atoms with E-state index in [0.717, 1.165) is 17.4 Å². The molecule has 3 heterocycles. The van der Waals surface area contributed by atoms with Gasteiger partial charge in [-0.05, 0) is 42.5 Å². The lowest BCUT2D eigenvalue weighted by atomic mass is 9.89. The zero-order valence-electron chi connectivity index (χ0n) is 25.5. The molecule has 0 aliphatic carbocycles. The Balaban J connectivity index is 1.34. The molecule has 0 bridgehead atoms. The molecule has 0 fully saturated rings. The fourth-order valence-corrected chi connectivity index (χ4v) is 5.30. The number of rotatable bonds is 16. The molecule has 0 N–H and O–H groups in total. The van der Waals surface area contributed by atoms with Crippen molar-refractivity contribution in [2.24, 2.45) is 5.41 Å². The summed E-state index contributed by atoms with van der Waals surface area (Å²) in [5.41, 5.74) is 0.207. The van der Waals surface area contributed by atoms with E-state index in [-0.39, 0.29) is 23.4 Å². The summed E-state index contributed by atoms with van der Waals surface area (Å²) in [5.74, 6) is 0.718. The summed E-state index contributed by atoms with van der Waals surface area (Å²) in [6.07, 6.45) is 12.0. The molecule has 1 aromatic carbocycles. The summed E-state index contributed by atoms with van der Waals surface area (Å²) in [4.78, 5) is 17.2. The monoisotopic (exact) mass is 600 g/mol. The minimum Gasteiger partial charge on any atom is -0.456 e. The molecular formula is C33H43F3N4O3. The molecule has 0 spiro atoms. The lowest BCUT2D eigenvalue weighted by Gasteiger charge is -2.17. The third kappa shape index (κ3) is 9.81. The average molecular weight is 601 g/mol. The van der Waals surface area contributed by atoms with Crippen LogP contribution in [0.1, 0.15) is 85.0 Å². The largest absolute Gasteiger partial charge is 0.456 e. The highest BCUT2D eigenvalue weighted by Gasteiger charge is 2.30. The van der Waals surface area contributed by atoms with Gasteiger partial charge in [0, 0.05) is 24.3 Å². The second kappa shape index (κ2) is 14.9. The molecule has 0 amide bonds. The van der Waals surface area contributed by atoms with E-state index in [9.17, 15) is 18.0 Å². The van der Waals surface area contributed by atoms with Crippen molar-refractivity contribution in [3.8, 4) is 11.5 Å². The molecule has 0 atom stereocenters. The van der Waals surface area contributed by atoms with Gasteiger partial charge in [0.15, 0.2) is 0 Å². The Morgan fingerprint density at radius 2 is 1.53 bits per heavy atom. The van der Waals surface area contributed by atoms with Crippen LogP contribution in [0, 0.1) is 5.41 Å². The third-order valence-electron chi connectivity index (χ3n) is 7.47. The minimum absolute atomic E-state index is 0.101. The van der Waals surface area contributed by atoms with Crippen molar-refractivity contribution in [1.82, 2.24) is 19.3 Å². The summed E-state index contributed by atoms with van der Waals surface area (Å²) < 4.78 is 54.4. The van der Waals surface area contributed by atoms with Crippen molar-refractivity contribution in [3.63, 3.8) is 0 Å². The SMILES string of the molecule is CC(C)(C)CCCCCCCCCCCOCn1ncc2c(=O)n(CC(F)(F)F)c3cc(Oc4cccnc4)ccc3c21. The molecule has 10 heteroatoms. The lowest BCUT2D eigenvalue weighted by Crippen LogP contribution is -2.28. The van der Waals surface area contributed by atoms with E-state index < -0.39 is 18.3 Å². The van der Waals surface area contributed by atoms with E-state index in [1.54, 1.807) is 30.5 Å². The molecule has 234 valence electrons. The van der Waals surface area contributed by atoms with Crippen LogP contribution in [0.2, 0.25) is 0 Å². The number of hydrogen-bond acceptors (Lipinski definition) is 5. The zero-order chi connectivity index (χ0) is 30.9. The maximum Gasteiger partial charge on any atom is 0.406 e. The standard InChI is InChI=1S/C33H43F3N4O3/c1-32(2,3)17-11-9-7-5-4-6-8-10-12-19-42-24-40-30-27-16-15-25(43-26-14-13-18-37-21-26)20-29(27)39(23-33(34,35)36)31(41)28(30)22-38-40/h13-16,18,20-22H,4-12,17,19,23-24H2,1-3H3. The number of alkyl halides is 3. The first kappa shape index (κ1) is 32.5. The van der Waals surface area contributed by atoms with Gasteiger partial charge in [0.25, 0.3) is 5.56 Å². The number of benzene rings is 1. The van der Waals surface area contributed by atoms with Crippen LogP contribution in [0.25, 0.3) is 21.8 Å². The molecule has 7 nitrogen and oxygen atoms in total. The van der Waals surface area contributed by atoms with Crippen LogP contribution in [-0.2, 0) is 18.0 Å². The Labute approximate surface area is 251 Å². The molecule has 0 saturated heterocycles. The van der Waals surface area contributed by atoms with Gasteiger partial charge in [0.1, 0.15) is 24.8 Å². The zero-order valence-corrected chi connectivity index (χ0v) is 25.5. The van der Waals surface area contributed by atoms with Gasteiger partial charge < -0.3 is 9.47 Å². The van der Waals surface area contributed by atoms with Gasteiger partial charge in [-0.15, -0.1) is 0 Å². The van der Waals surface area contributed by atoms with Gasteiger partial charge in [-0.1, -0.05) is 72.1 Å². The Kier molecular flexibility index (Phi) is 11.2. The molecule has 4 aromatic rings. The lowest BCUT2D eigenvalue weighted by molar-refractivity contribution is -0.140. The summed E-state index contributed by atoms with van der Waals surface area (Å²) in [7, 11) is 0. The van der Waals surface area contributed by atoms with Crippen molar-refractivity contribution in [2.75, 3.05) is 6.61 Å². The van der Waals surface area contributed by atoms with Crippen LogP contribution < -0.4 is 10.3 Å². The molecule has 0 aliphatic heterocycles. The number of hydrogen-bond donors (Lipinski definition) is 0. The molecule has 3 aromatic heterocycles. The van der Waals surface area contributed by atoms with Gasteiger partial charge in [0.2, 0.25) is 0 Å². The highest BCUT2D eigenvalue weighted by Crippen LogP contribution is 2.30. The van der Waals surface area contributed by atoms with Gasteiger partial charge in [-0.3, -0.25) is 14.3 Å². The average Bonchev–Trinajstić information content (AvgIpc) is 3.37. The normalized spacial score (nSPS) is 12.4. The Bertz CT molecular complexity index is 1510. The highest BCUT2D eigenvalue weighted by molar-refractivity contribution is 6.03. The Hall–Kier alpha value is -3.40. The number of fused-ring (bicyclic) bond motifs is 3. The molecule has 0 radical (unpaired) electrons. The van der Waals surface area contributed by atoms with Gasteiger partial charge >= 0.3 is 6.18 Å². The Morgan fingerprint density at radius 3 is 2.19 bits per heavy atom. The van der Waals surface area contributed by atoms with Crippen molar-refractivity contribution < 1.29 is 22.6 Å². The summed E-state index contributed by atoms with van der Waals surface area (Å²) in [6.45, 7) is 6.11. The van der Waals surface area contributed by atoms with Crippen LogP contribution in [0.5, 0.6) is 11.5 Å². The number of pyridine rings is 2. The first-order valence-electron chi connectivity index (χ1n) is 15.3. The number of unbranched alkanes of at least 4 members (excludes halogenated alkanes) is 8. The summed E-state index contributed by atoms with van der Waals surface area (Å²) in [5, 5.41) is 4.86. The van der Waals surface area contributed by atoms with Crippen molar-refractivity contribution in [1.29, 1.82) is 0 Å². The summed E-state index contributed by atoms with van der Waals surface area (Å²) >= 11 is 0. The number of halogens is 3. The van der Waals surface area contributed by atoms with Crippen molar-refractivity contribution in [3.05, 3.63) is 59.3 Å². The van der Waals surface area contributed by atoms with Crippen LogP contribution in [0.15, 0.2) is 53.7 Å². The topological polar surface area (TPSA) is 71.2 Å². The van der Waals surface area contributed by atoms with Crippen molar-refractivity contribution >= 4 is 21.8 Å². The predicted molar refractivity (Wildman–Crippen MR) is 163 cm³/mol. The molecule has 4 rings (SSSR count). The van der Waals surface area contributed by atoms with E-state index in [1.807, 2.05) is 0 Å². The van der Waals surface area contributed by atoms with E-state index in [2.05, 4.69) is 30.9 Å². The Morgan fingerprint density at radius 1 is 0.837 bits per heavy atom. The smallest absolute Gasteiger partial charge is 0.406 e. The molecule has 0 aliphatic rings. The van der Waals surface area contributed by atoms with Gasteiger partial charge in [-0.25, -0.2) is 4.68 Å². The van der Waals surface area contributed by atoms with E-state index in [1.165, 1.54) is 74.5 Å². The van der Waals surface area contributed by atoms with Crippen LogP contribution in [0.4, 0.5) is 13.2 Å². The highest BCUT2D eigenvalue weighted by atomic mass is 19.4. The van der Waals surface area contributed by atoms with E-state index in [0.29, 0.717) is 28.7 Å². The summed E-state index contributed by atoms with van der Waals surface area (Å²) in [6, 6.07) is 8.12. The van der Waals surface area contributed by atoms with Gasteiger partial charge in [0.05, 0.1) is 28.8 Å². The van der Waals surface area contributed by atoms with E-state index >= 15 is 0 Å². The molecular weight excluding hydrogens is 557 g/mol.